The van der Waals surface area contributed by atoms with Crippen LogP contribution in [0.4, 0.5) is 10.1 Å². The van der Waals surface area contributed by atoms with Crippen molar-refractivity contribution in [1.82, 2.24) is 5.32 Å². The monoisotopic (exact) mass is 377 g/mol. The van der Waals surface area contributed by atoms with Crippen molar-refractivity contribution in [2.24, 2.45) is 11.8 Å². The van der Waals surface area contributed by atoms with Crippen LogP contribution in [0, 0.1) is 5.92 Å². The van der Waals surface area contributed by atoms with E-state index < -0.39 is 0 Å². The molecule has 1 aliphatic rings. The van der Waals surface area contributed by atoms with Gasteiger partial charge in [-0.05, 0) is 62.8 Å². The molecule has 0 bridgehead atoms. The average molecular weight is 378 g/mol. The van der Waals surface area contributed by atoms with Gasteiger partial charge in [0, 0.05) is 18.7 Å². The molecule has 0 aromatic heterocycles. The second kappa shape index (κ2) is 13.1. The summed E-state index contributed by atoms with van der Waals surface area (Å²) in [4.78, 5) is 12.3. The Morgan fingerprint density at radius 1 is 1.41 bits per heavy atom. The van der Waals surface area contributed by atoms with E-state index in [1.165, 1.54) is 6.08 Å². The van der Waals surface area contributed by atoms with E-state index in [-0.39, 0.29) is 12.0 Å². The van der Waals surface area contributed by atoms with E-state index in [0.29, 0.717) is 24.4 Å². The molecule has 1 saturated heterocycles. The van der Waals surface area contributed by atoms with Crippen LogP contribution in [-0.4, -0.2) is 25.2 Å². The van der Waals surface area contributed by atoms with Crippen molar-refractivity contribution in [2.45, 2.75) is 46.1 Å². The van der Waals surface area contributed by atoms with Crippen LogP contribution in [0.2, 0.25) is 0 Å². The smallest absolute Gasteiger partial charge is 0.251 e. The number of hydrazine groups is 1. The lowest BCUT2D eigenvalue weighted by molar-refractivity contribution is 0.0857. The van der Waals surface area contributed by atoms with Gasteiger partial charge in [-0.25, -0.2) is 4.39 Å². The third-order valence-electron chi connectivity index (χ3n) is 4.23. The molecule has 1 aromatic rings. The molecule has 0 aliphatic carbocycles. The summed E-state index contributed by atoms with van der Waals surface area (Å²) in [7, 11) is 0. The highest BCUT2D eigenvalue weighted by molar-refractivity contribution is 5.94. The van der Waals surface area contributed by atoms with Gasteiger partial charge >= 0.3 is 0 Å². The molecule has 2 rings (SSSR count). The topological polar surface area (TPSA) is 76.4 Å². The van der Waals surface area contributed by atoms with E-state index in [1.807, 2.05) is 25.1 Å². The van der Waals surface area contributed by atoms with Gasteiger partial charge in [0.05, 0.1) is 18.1 Å². The van der Waals surface area contributed by atoms with Crippen molar-refractivity contribution in [3.63, 3.8) is 0 Å². The highest BCUT2D eigenvalue weighted by atomic mass is 19.1. The van der Waals surface area contributed by atoms with E-state index in [0.717, 1.165) is 37.1 Å². The molecule has 1 amide bonds. The largest absolute Gasteiger partial charge is 0.376 e. The number of nitrogens with two attached hydrogens (primary N) is 1. The minimum atomic E-state index is -0.0657. The highest BCUT2D eigenvalue weighted by Gasteiger charge is 2.17. The van der Waals surface area contributed by atoms with Gasteiger partial charge in [0.1, 0.15) is 0 Å². The minimum Gasteiger partial charge on any atom is -0.376 e. The maximum absolute atomic E-state index is 12.3. The molecule has 1 aliphatic heterocycles. The lowest BCUT2D eigenvalue weighted by Gasteiger charge is -2.15. The Bertz CT molecular complexity index is 622. The fraction of sp³-hybridized carbons (Fsp3) is 0.476. The zero-order valence-corrected chi connectivity index (χ0v) is 16.5. The fourth-order valence-corrected chi connectivity index (χ4v) is 2.90. The van der Waals surface area contributed by atoms with Crippen molar-refractivity contribution in [2.75, 3.05) is 18.6 Å². The number of allylic oxidation sites excluding steroid dienone is 3. The van der Waals surface area contributed by atoms with E-state index in [9.17, 15) is 9.18 Å². The second-order valence-corrected chi connectivity index (χ2v) is 6.53. The summed E-state index contributed by atoms with van der Waals surface area (Å²) in [5.74, 6) is 5.90. The number of carbonyl (C=O) groups is 1. The number of nitrogen functional groups attached to an aromatic ring is 1. The molecule has 1 fully saturated rings. The normalized spacial score (nSPS) is 17.6. The van der Waals surface area contributed by atoms with Gasteiger partial charge < -0.3 is 15.5 Å². The summed E-state index contributed by atoms with van der Waals surface area (Å²) >= 11 is 0. The van der Waals surface area contributed by atoms with Crippen LogP contribution in [0.3, 0.4) is 0 Å². The van der Waals surface area contributed by atoms with Crippen LogP contribution in [0.1, 0.15) is 49.5 Å². The molecule has 0 spiro atoms. The van der Waals surface area contributed by atoms with Crippen molar-refractivity contribution in [3.8, 4) is 0 Å². The van der Waals surface area contributed by atoms with Crippen molar-refractivity contribution < 1.29 is 13.9 Å². The second-order valence-electron chi connectivity index (χ2n) is 6.53. The molecule has 5 nitrogen and oxygen atoms in total. The molecule has 6 heteroatoms. The Labute approximate surface area is 161 Å². The number of hydrogen-bond donors (Lipinski definition) is 3. The zero-order valence-electron chi connectivity index (χ0n) is 16.5. The first-order valence-electron chi connectivity index (χ1n) is 9.39. The number of hydrogen-bond acceptors (Lipinski definition) is 4. The molecular weight excluding hydrogens is 345 g/mol. The first-order valence-corrected chi connectivity index (χ1v) is 9.39. The lowest BCUT2D eigenvalue weighted by atomic mass is 9.97. The Hall–Kier alpha value is -2.18. The van der Waals surface area contributed by atoms with Gasteiger partial charge in [-0.3, -0.25) is 10.6 Å². The van der Waals surface area contributed by atoms with Crippen LogP contribution in [0.25, 0.3) is 0 Å². The maximum atomic E-state index is 12.3. The molecule has 1 aromatic carbocycles. The molecule has 150 valence electrons. The summed E-state index contributed by atoms with van der Waals surface area (Å²) in [6.45, 7) is 7.14. The van der Waals surface area contributed by atoms with E-state index in [2.05, 4.69) is 23.7 Å². The van der Waals surface area contributed by atoms with Crippen LogP contribution >= 0.6 is 0 Å². The summed E-state index contributed by atoms with van der Waals surface area (Å²) in [5.41, 5.74) is 5.27. The van der Waals surface area contributed by atoms with Gasteiger partial charge in [0.2, 0.25) is 0 Å². The van der Waals surface area contributed by atoms with Gasteiger partial charge in [-0.15, -0.1) is 0 Å². The number of amides is 1. The first kappa shape index (κ1) is 22.9. The Kier molecular flexibility index (Phi) is 11.1. The summed E-state index contributed by atoms with van der Waals surface area (Å²) < 4.78 is 16.1. The molecule has 0 radical (unpaired) electrons. The van der Waals surface area contributed by atoms with Crippen LogP contribution in [-0.2, 0) is 11.2 Å². The average Bonchev–Trinajstić information content (AvgIpc) is 3.20. The number of ether oxygens (including phenoxy) is 1. The molecule has 2 atom stereocenters. The van der Waals surface area contributed by atoms with Crippen LogP contribution < -0.4 is 16.6 Å². The van der Waals surface area contributed by atoms with Crippen LogP contribution in [0.5, 0.6) is 0 Å². The standard InChI is InChI=1S/C18H27N3O2.C3H5F/c1-3-5-13(2)10-15-11-14(7-8-17(15)21-19)18(22)20-12-16-6-4-9-23-16;1-2-3-4/h3,5,7-8,11,13,16,21H,4,6,9-10,12,19H2,1-2H3,(H,20,22);2-3H,1H3/b5-3-;3-2+. The fourth-order valence-electron chi connectivity index (χ4n) is 2.90. The van der Waals surface area contributed by atoms with E-state index >= 15 is 0 Å². The number of carbonyl (C=O) groups excluding carboxylic acids is 1. The predicted octanol–water partition coefficient (Wildman–Crippen LogP) is 4.13. The number of nitrogens with one attached hydrogen (secondary N) is 2. The number of anilines is 1. The summed E-state index contributed by atoms with van der Waals surface area (Å²) in [6, 6.07) is 5.57. The van der Waals surface area contributed by atoms with Crippen molar-refractivity contribution in [1.29, 1.82) is 0 Å². The van der Waals surface area contributed by atoms with Gasteiger partial charge in [-0.2, -0.15) is 0 Å². The molecule has 0 saturated carbocycles. The zero-order chi connectivity index (χ0) is 20.1. The summed E-state index contributed by atoms with van der Waals surface area (Å²) in [5, 5.41) is 2.95. The summed E-state index contributed by atoms with van der Waals surface area (Å²) in [6.07, 6.45) is 9.09. The van der Waals surface area contributed by atoms with Gasteiger partial charge in [0.15, 0.2) is 0 Å². The quantitative estimate of drug-likeness (QED) is 0.379. The third kappa shape index (κ3) is 8.37. The van der Waals surface area contributed by atoms with Crippen molar-refractivity contribution >= 4 is 11.6 Å². The number of halogens is 1. The molecule has 2 unspecified atom stereocenters. The highest BCUT2D eigenvalue weighted by Crippen LogP contribution is 2.21. The lowest BCUT2D eigenvalue weighted by Crippen LogP contribution is -2.31. The van der Waals surface area contributed by atoms with E-state index in [1.54, 1.807) is 13.0 Å². The first-order chi connectivity index (χ1) is 13.0. The Morgan fingerprint density at radius 2 is 2.15 bits per heavy atom. The molecule has 4 N–H and O–H groups in total. The number of benzene rings is 1. The van der Waals surface area contributed by atoms with Crippen molar-refractivity contribution in [3.05, 3.63) is 53.9 Å². The maximum Gasteiger partial charge on any atom is 0.251 e. The Balaban J connectivity index is 0.000000828. The van der Waals surface area contributed by atoms with Gasteiger partial charge in [-0.1, -0.05) is 25.2 Å². The van der Waals surface area contributed by atoms with Crippen LogP contribution in [0.15, 0.2) is 42.8 Å². The van der Waals surface area contributed by atoms with E-state index in [4.69, 9.17) is 10.6 Å². The predicted molar refractivity (Wildman–Crippen MR) is 109 cm³/mol. The SMILES string of the molecule is C/C=C/F.C/C=C\C(C)Cc1cc(C(=O)NCC2CCCO2)ccc1NN. The Morgan fingerprint density at radius 3 is 2.70 bits per heavy atom. The van der Waals surface area contributed by atoms with Gasteiger partial charge in [0.25, 0.3) is 5.91 Å². The number of rotatable bonds is 7. The third-order valence-corrected chi connectivity index (χ3v) is 4.23. The molecule has 27 heavy (non-hydrogen) atoms. The minimum absolute atomic E-state index is 0.0657. The molecule has 1 heterocycles. The molecular formula is C21H32FN3O2.